The highest BCUT2D eigenvalue weighted by Crippen LogP contribution is 2.36. The highest BCUT2D eigenvalue weighted by Gasteiger charge is 2.52. The van der Waals surface area contributed by atoms with Crippen LogP contribution in [0.1, 0.15) is 41.5 Å². The number of nitrogens with zero attached hydrogens (tertiary/aromatic N) is 2. The summed E-state index contributed by atoms with van der Waals surface area (Å²) in [5, 5.41) is 4.38. The third-order valence-corrected chi connectivity index (χ3v) is 4.22. The van der Waals surface area contributed by atoms with Crippen molar-refractivity contribution in [1.29, 1.82) is 0 Å². The Morgan fingerprint density at radius 2 is 1.79 bits per heavy atom. The topological polar surface area (TPSA) is 36.3 Å². The van der Waals surface area contributed by atoms with E-state index in [0.29, 0.717) is 0 Å². The standard InChI is InChI=1S/C14H23BN2O2/c1-8-12(2,3)17-10-11(9-16-17)15-18-13(4,5)14(6,7)19-15/h8-10H,1H2,2-7H3. The summed E-state index contributed by atoms with van der Waals surface area (Å²) in [5.74, 6) is 0. The zero-order valence-corrected chi connectivity index (χ0v) is 12.7. The molecule has 0 N–H and O–H groups in total. The van der Waals surface area contributed by atoms with Gasteiger partial charge < -0.3 is 9.31 Å². The zero-order valence-electron chi connectivity index (χ0n) is 12.7. The van der Waals surface area contributed by atoms with Crippen LogP contribution in [0.3, 0.4) is 0 Å². The number of rotatable bonds is 3. The fraction of sp³-hybridized carbons (Fsp3) is 0.643. The van der Waals surface area contributed by atoms with Crippen LogP contribution in [-0.4, -0.2) is 28.1 Å². The van der Waals surface area contributed by atoms with Crippen LogP contribution in [0.25, 0.3) is 0 Å². The third-order valence-electron chi connectivity index (χ3n) is 4.22. The average Bonchev–Trinajstić information content (AvgIpc) is 2.83. The molecule has 1 aromatic heterocycles. The summed E-state index contributed by atoms with van der Waals surface area (Å²) in [4.78, 5) is 0. The Balaban J connectivity index is 2.24. The van der Waals surface area contributed by atoms with Crippen molar-refractivity contribution in [2.75, 3.05) is 0 Å². The summed E-state index contributed by atoms with van der Waals surface area (Å²) in [6.45, 7) is 16.1. The fourth-order valence-electron chi connectivity index (χ4n) is 1.85. The Bertz CT molecular complexity index is 475. The first kappa shape index (κ1) is 14.3. The smallest absolute Gasteiger partial charge is 0.399 e. The van der Waals surface area contributed by atoms with Gasteiger partial charge in [-0.05, 0) is 41.5 Å². The van der Waals surface area contributed by atoms with Gasteiger partial charge in [0.1, 0.15) is 0 Å². The van der Waals surface area contributed by atoms with Gasteiger partial charge in [0.25, 0.3) is 0 Å². The highest BCUT2D eigenvalue weighted by molar-refractivity contribution is 6.62. The molecule has 0 aliphatic carbocycles. The molecule has 1 aliphatic rings. The lowest BCUT2D eigenvalue weighted by Crippen LogP contribution is -2.41. The number of hydrogen-bond donors (Lipinski definition) is 0. The van der Waals surface area contributed by atoms with Crippen molar-refractivity contribution in [2.24, 2.45) is 0 Å². The number of hydrogen-bond acceptors (Lipinski definition) is 3. The maximum absolute atomic E-state index is 6.01. The first-order chi connectivity index (χ1) is 8.59. The van der Waals surface area contributed by atoms with E-state index in [1.165, 1.54) is 0 Å². The largest absolute Gasteiger partial charge is 0.498 e. The molecule has 0 unspecified atom stereocenters. The predicted octanol–water partition coefficient (Wildman–Crippen LogP) is 2.10. The minimum Gasteiger partial charge on any atom is -0.399 e. The minimum absolute atomic E-state index is 0.220. The van der Waals surface area contributed by atoms with Crippen molar-refractivity contribution >= 4 is 12.6 Å². The first-order valence-corrected chi connectivity index (χ1v) is 6.63. The van der Waals surface area contributed by atoms with Crippen molar-refractivity contribution in [2.45, 2.75) is 58.3 Å². The first-order valence-electron chi connectivity index (χ1n) is 6.63. The van der Waals surface area contributed by atoms with Crippen LogP contribution in [0, 0.1) is 0 Å². The van der Waals surface area contributed by atoms with Crippen molar-refractivity contribution < 1.29 is 9.31 Å². The Labute approximate surface area is 115 Å². The molecule has 0 amide bonds. The molecule has 19 heavy (non-hydrogen) atoms. The molecule has 0 atom stereocenters. The molecule has 5 heteroatoms. The minimum atomic E-state index is -0.362. The maximum atomic E-state index is 6.01. The molecule has 1 aliphatic heterocycles. The predicted molar refractivity (Wildman–Crippen MR) is 77.5 cm³/mol. The summed E-state index contributed by atoms with van der Waals surface area (Å²) < 4.78 is 13.9. The van der Waals surface area contributed by atoms with E-state index < -0.39 is 0 Å². The van der Waals surface area contributed by atoms with Gasteiger partial charge in [0.15, 0.2) is 0 Å². The monoisotopic (exact) mass is 262 g/mol. The molecule has 0 radical (unpaired) electrons. The quantitative estimate of drug-likeness (QED) is 0.618. The van der Waals surface area contributed by atoms with Crippen LogP contribution >= 0.6 is 0 Å². The van der Waals surface area contributed by atoms with Crippen LogP contribution < -0.4 is 5.46 Å². The second-order valence-electron chi connectivity index (χ2n) is 6.66. The maximum Gasteiger partial charge on any atom is 0.498 e. The molecule has 2 heterocycles. The number of allylic oxidation sites excluding steroid dienone is 1. The Kier molecular flexibility index (Phi) is 3.18. The lowest BCUT2D eigenvalue weighted by Gasteiger charge is -2.32. The molecule has 1 saturated heterocycles. The SMILES string of the molecule is C=CC(C)(C)n1cc(B2OC(C)(C)C(C)(C)O2)cn1. The van der Waals surface area contributed by atoms with Crippen LogP contribution in [-0.2, 0) is 14.8 Å². The van der Waals surface area contributed by atoms with E-state index in [2.05, 4.69) is 25.5 Å². The van der Waals surface area contributed by atoms with E-state index in [1.807, 2.05) is 44.6 Å². The van der Waals surface area contributed by atoms with E-state index in [-0.39, 0.29) is 23.9 Å². The Morgan fingerprint density at radius 3 is 2.26 bits per heavy atom. The van der Waals surface area contributed by atoms with Gasteiger partial charge in [-0.1, -0.05) is 6.08 Å². The second-order valence-corrected chi connectivity index (χ2v) is 6.66. The van der Waals surface area contributed by atoms with E-state index in [0.717, 1.165) is 5.46 Å². The van der Waals surface area contributed by atoms with Crippen LogP contribution in [0.5, 0.6) is 0 Å². The summed E-state index contributed by atoms with van der Waals surface area (Å²) in [5.41, 5.74) is 0.0668. The molecule has 0 aromatic carbocycles. The van der Waals surface area contributed by atoms with Gasteiger partial charge in [-0.25, -0.2) is 0 Å². The van der Waals surface area contributed by atoms with E-state index in [4.69, 9.17) is 9.31 Å². The lowest BCUT2D eigenvalue weighted by atomic mass is 9.82. The van der Waals surface area contributed by atoms with E-state index in [1.54, 1.807) is 6.20 Å². The second kappa shape index (κ2) is 4.22. The molecule has 1 fully saturated rings. The van der Waals surface area contributed by atoms with Gasteiger partial charge in [-0.3, -0.25) is 4.68 Å². The van der Waals surface area contributed by atoms with E-state index >= 15 is 0 Å². The van der Waals surface area contributed by atoms with Gasteiger partial charge >= 0.3 is 7.12 Å². The molecule has 1 aromatic rings. The lowest BCUT2D eigenvalue weighted by molar-refractivity contribution is 0.00578. The van der Waals surface area contributed by atoms with Crippen LogP contribution in [0.15, 0.2) is 25.0 Å². The highest BCUT2D eigenvalue weighted by atomic mass is 16.7. The average molecular weight is 262 g/mol. The molecule has 0 bridgehead atoms. The third kappa shape index (κ3) is 2.37. The molecule has 104 valence electrons. The summed E-state index contributed by atoms with van der Waals surface area (Å²) in [6, 6.07) is 0. The molecule has 4 nitrogen and oxygen atoms in total. The van der Waals surface area contributed by atoms with Crippen LogP contribution in [0.2, 0.25) is 0 Å². The van der Waals surface area contributed by atoms with Crippen LogP contribution in [0.4, 0.5) is 0 Å². The Hall–Kier alpha value is -1.07. The van der Waals surface area contributed by atoms with Crippen molar-refractivity contribution in [3.05, 3.63) is 25.0 Å². The fourth-order valence-corrected chi connectivity index (χ4v) is 1.85. The molecule has 0 saturated carbocycles. The van der Waals surface area contributed by atoms with Gasteiger partial charge in [-0.15, -0.1) is 6.58 Å². The van der Waals surface area contributed by atoms with Gasteiger partial charge in [0.2, 0.25) is 0 Å². The van der Waals surface area contributed by atoms with Crippen molar-refractivity contribution in [3.8, 4) is 0 Å². The molecular weight excluding hydrogens is 239 g/mol. The molecule has 2 rings (SSSR count). The number of aromatic nitrogens is 2. The summed E-state index contributed by atoms with van der Waals surface area (Å²) in [6.07, 6.45) is 5.63. The summed E-state index contributed by atoms with van der Waals surface area (Å²) in [7, 11) is -0.362. The Morgan fingerprint density at radius 1 is 1.26 bits per heavy atom. The van der Waals surface area contributed by atoms with Gasteiger partial charge in [0.05, 0.1) is 16.7 Å². The normalized spacial score (nSPS) is 21.7. The zero-order chi connectivity index (χ0) is 14.5. The molecule has 0 spiro atoms. The van der Waals surface area contributed by atoms with Gasteiger partial charge in [-0.2, -0.15) is 5.10 Å². The summed E-state index contributed by atoms with van der Waals surface area (Å²) >= 11 is 0. The van der Waals surface area contributed by atoms with Crippen molar-refractivity contribution in [3.63, 3.8) is 0 Å². The van der Waals surface area contributed by atoms with Crippen molar-refractivity contribution in [1.82, 2.24) is 9.78 Å². The van der Waals surface area contributed by atoms with Gasteiger partial charge in [0, 0.05) is 17.9 Å². The van der Waals surface area contributed by atoms with E-state index in [9.17, 15) is 0 Å². The molecular formula is C14H23BN2O2.